The van der Waals surface area contributed by atoms with Crippen LogP contribution in [0.1, 0.15) is 32.3 Å². The van der Waals surface area contributed by atoms with Crippen LogP contribution in [-0.2, 0) is 11.2 Å². The predicted octanol–water partition coefficient (Wildman–Crippen LogP) is 2.26. The van der Waals surface area contributed by atoms with E-state index in [2.05, 4.69) is 29.7 Å². The molecule has 0 fully saturated rings. The summed E-state index contributed by atoms with van der Waals surface area (Å²) in [6, 6.07) is 6.56. The van der Waals surface area contributed by atoms with E-state index in [9.17, 15) is 4.79 Å². The van der Waals surface area contributed by atoms with Crippen molar-refractivity contribution < 1.29 is 14.6 Å². The fourth-order valence-electron chi connectivity index (χ4n) is 2.47. The third kappa shape index (κ3) is 4.93. The van der Waals surface area contributed by atoms with Gasteiger partial charge in [-0.15, -0.1) is 0 Å². The quantitative estimate of drug-likeness (QED) is 0.673. The molecule has 116 valence electrons. The molecule has 1 aliphatic rings. The van der Waals surface area contributed by atoms with E-state index in [1.807, 2.05) is 13.0 Å². The van der Waals surface area contributed by atoms with Crippen LogP contribution in [0.3, 0.4) is 0 Å². The average Bonchev–Trinajstić information content (AvgIpc) is 2.43. The van der Waals surface area contributed by atoms with Gasteiger partial charge in [0.2, 0.25) is 0 Å². The van der Waals surface area contributed by atoms with Gasteiger partial charge in [-0.25, -0.2) is 0 Å². The molecule has 0 radical (unpaired) electrons. The molecule has 0 aliphatic carbocycles. The molecule has 0 bridgehead atoms. The minimum atomic E-state index is -0.737. The first-order valence-corrected chi connectivity index (χ1v) is 7.53. The summed E-state index contributed by atoms with van der Waals surface area (Å²) < 4.78 is 5.76. The number of carboxylic acids is 1. The Bertz CT molecular complexity index is 490. The fourth-order valence-corrected chi connectivity index (χ4v) is 2.47. The number of anilines is 1. The van der Waals surface area contributed by atoms with Crippen molar-refractivity contribution in [1.29, 1.82) is 0 Å². The van der Waals surface area contributed by atoms with Crippen LogP contribution in [0.25, 0.3) is 0 Å². The molecule has 0 spiro atoms. The monoisotopic (exact) mass is 292 g/mol. The molecule has 1 aromatic carbocycles. The van der Waals surface area contributed by atoms with Gasteiger partial charge in [0.15, 0.2) is 0 Å². The number of carboxylic acid groups (broad SMARTS) is 1. The second kappa shape index (κ2) is 7.31. The fraction of sp³-hybridized carbons (Fsp3) is 0.562. The van der Waals surface area contributed by atoms with Gasteiger partial charge in [0, 0.05) is 12.5 Å². The van der Waals surface area contributed by atoms with Gasteiger partial charge in [0.05, 0.1) is 12.2 Å². The zero-order valence-corrected chi connectivity index (χ0v) is 12.7. The van der Waals surface area contributed by atoms with E-state index in [1.54, 1.807) is 0 Å². The van der Waals surface area contributed by atoms with Crippen LogP contribution in [0.5, 0.6) is 5.75 Å². The van der Waals surface area contributed by atoms with Gasteiger partial charge in [0.25, 0.3) is 0 Å². The predicted molar refractivity (Wildman–Crippen MR) is 83.1 cm³/mol. The smallest absolute Gasteiger partial charge is 0.303 e. The van der Waals surface area contributed by atoms with E-state index in [0.717, 1.165) is 30.9 Å². The lowest BCUT2D eigenvalue weighted by molar-refractivity contribution is -0.137. The third-order valence-electron chi connectivity index (χ3n) is 3.55. The van der Waals surface area contributed by atoms with Gasteiger partial charge in [-0.3, -0.25) is 4.79 Å². The largest absolute Gasteiger partial charge is 0.487 e. The molecule has 3 N–H and O–H groups in total. The summed E-state index contributed by atoms with van der Waals surface area (Å²) in [5.41, 5.74) is 2.31. The molecule has 2 unspecified atom stereocenters. The highest BCUT2D eigenvalue weighted by Crippen LogP contribution is 2.30. The Hall–Kier alpha value is -1.75. The first-order valence-electron chi connectivity index (χ1n) is 7.53. The Morgan fingerprint density at radius 3 is 3.14 bits per heavy atom. The SMILES string of the molecule is CC(Cc1ccc2c(c1)NCC(C)O2)NCCCC(=O)O. The first-order chi connectivity index (χ1) is 10.0. The highest BCUT2D eigenvalue weighted by molar-refractivity contribution is 5.66. The maximum absolute atomic E-state index is 10.4. The molecule has 0 aromatic heterocycles. The molecule has 21 heavy (non-hydrogen) atoms. The number of nitrogens with one attached hydrogen (secondary N) is 2. The summed E-state index contributed by atoms with van der Waals surface area (Å²) >= 11 is 0. The number of hydrogen-bond acceptors (Lipinski definition) is 4. The lowest BCUT2D eigenvalue weighted by atomic mass is 10.0. The molecule has 1 heterocycles. The minimum Gasteiger partial charge on any atom is -0.487 e. The van der Waals surface area contributed by atoms with Crippen LogP contribution in [-0.4, -0.2) is 36.3 Å². The van der Waals surface area contributed by atoms with E-state index in [1.165, 1.54) is 5.56 Å². The molecule has 1 aromatic rings. The summed E-state index contributed by atoms with van der Waals surface area (Å²) in [4.78, 5) is 10.4. The van der Waals surface area contributed by atoms with E-state index < -0.39 is 5.97 Å². The summed E-state index contributed by atoms with van der Waals surface area (Å²) in [6.45, 7) is 5.73. The number of aliphatic carboxylic acids is 1. The Morgan fingerprint density at radius 2 is 2.38 bits per heavy atom. The van der Waals surface area contributed by atoms with Gasteiger partial charge in [-0.2, -0.15) is 0 Å². The van der Waals surface area contributed by atoms with Gasteiger partial charge in [-0.05, 0) is 50.9 Å². The van der Waals surface area contributed by atoms with Crippen molar-refractivity contribution in [2.75, 3.05) is 18.4 Å². The molecule has 5 heteroatoms. The molecule has 2 atom stereocenters. The normalized spacial score (nSPS) is 18.3. The van der Waals surface area contributed by atoms with E-state index in [-0.39, 0.29) is 12.5 Å². The standard InChI is InChI=1S/C16H24N2O3/c1-11(17-7-3-4-16(19)20)8-13-5-6-15-14(9-13)18-10-12(2)21-15/h5-6,9,11-12,17-18H,3-4,7-8,10H2,1-2H3,(H,19,20). The van der Waals surface area contributed by atoms with Crippen molar-refractivity contribution in [3.05, 3.63) is 23.8 Å². The van der Waals surface area contributed by atoms with E-state index in [0.29, 0.717) is 12.5 Å². The highest BCUT2D eigenvalue weighted by Gasteiger charge is 2.15. The zero-order valence-electron chi connectivity index (χ0n) is 12.7. The van der Waals surface area contributed by atoms with Crippen LogP contribution in [0.15, 0.2) is 18.2 Å². The van der Waals surface area contributed by atoms with Crippen molar-refractivity contribution in [3.8, 4) is 5.75 Å². The van der Waals surface area contributed by atoms with Gasteiger partial charge in [-0.1, -0.05) is 6.07 Å². The van der Waals surface area contributed by atoms with Crippen LogP contribution in [0, 0.1) is 0 Å². The Morgan fingerprint density at radius 1 is 1.57 bits per heavy atom. The maximum Gasteiger partial charge on any atom is 0.303 e. The number of ether oxygens (including phenoxy) is 1. The lowest BCUT2D eigenvalue weighted by Gasteiger charge is -2.25. The number of rotatable bonds is 7. The van der Waals surface area contributed by atoms with E-state index in [4.69, 9.17) is 9.84 Å². The summed E-state index contributed by atoms with van der Waals surface area (Å²) in [5, 5.41) is 15.3. The third-order valence-corrected chi connectivity index (χ3v) is 3.55. The second-order valence-corrected chi connectivity index (χ2v) is 5.70. The van der Waals surface area contributed by atoms with Crippen molar-refractivity contribution >= 4 is 11.7 Å². The second-order valence-electron chi connectivity index (χ2n) is 5.70. The molecule has 0 saturated carbocycles. The van der Waals surface area contributed by atoms with Gasteiger partial charge in [0.1, 0.15) is 11.9 Å². The molecule has 0 amide bonds. The summed E-state index contributed by atoms with van der Waals surface area (Å²) in [7, 11) is 0. The molecule has 1 aliphatic heterocycles. The summed E-state index contributed by atoms with van der Waals surface area (Å²) in [6.07, 6.45) is 2.00. The molecule has 0 saturated heterocycles. The minimum absolute atomic E-state index is 0.207. The Kier molecular flexibility index (Phi) is 5.44. The average molecular weight is 292 g/mol. The van der Waals surface area contributed by atoms with Gasteiger partial charge < -0.3 is 20.5 Å². The van der Waals surface area contributed by atoms with Crippen LogP contribution >= 0.6 is 0 Å². The topological polar surface area (TPSA) is 70.6 Å². The molecular weight excluding hydrogens is 268 g/mol. The maximum atomic E-state index is 10.4. The van der Waals surface area contributed by atoms with Crippen LogP contribution in [0.4, 0.5) is 5.69 Å². The van der Waals surface area contributed by atoms with Crippen LogP contribution in [0.2, 0.25) is 0 Å². The summed E-state index contributed by atoms with van der Waals surface area (Å²) in [5.74, 6) is 0.180. The van der Waals surface area contributed by atoms with Crippen LogP contribution < -0.4 is 15.4 Å². The number of benzene rings is 1. The Balaban J connectivity index is 1.81. The number of fused-ring (bicyclic) bond motifs is 1. The number of carbonyl (C=O) groups is 1. The van der Waals surface area contributed by atoms with Crippen molar-refractivity contribution in [3.63, 3.8) is 0 Å². The highest BCUT2D eigenvalue weighted by atomic mass is 16.5. The van der Waals surface area contributed by atoms with E-state index >= 15 is 0 Å². The Labute approximate surface area is 125 Å². The lowest BCUT2D eigenvalue weighted by Crippen LogP contribution is -2.30. The molecule has 2 rings (SSSR count). The van der Waals surface area contributed by atoms with Crippen molar-refractivity contribution in [1.82, 2.24) is 5.32 Å². The van der Waals surface area contributed by atoms with Crippen molar-refractivity contribution in [2.24, 2.45) is 0 Å². The molecule has 5 nitrogen and oxygen atoms in total. The number of hydrogen-bond donors (Lipinski definition) is 3. The first kappa shape index (κ1) is 15.6. The van der Waals surface area contributed by atoms with Crippen molar-refractivity contribution in [2.45, 2.75) is 45.3 Å². The van der Waals surface area contributed by atoms with Gasteiger partial charge >= 0.3 is 5.97 Å². The zero-order chi connectivity index (χ0) is 15.2. The molecular formula is C16H24N2O3.